The van der Waals surface area contributed by atoms with Gasteiger partial charge in [0.25, 0.3) is 0 Å². The largest absolute Gasteiger partial charge is 0.497 e. The lowest BCUT2D eigenvalue weighted by atomic mass is 10.2. The standard InChI is InChI=1S/C19H31N3O2/c1-5-20-19(22-14(2)3)21-13-15-10-11-17(23-4)12-18(15)24-16-8-6-7-9-16/h10-12,14,16H,5-9,13H2,1-4H3,(H2,20,21,22). The van der Waals surface area contributed by atoms with Gasteiger partial charge in [-0.15, -0.1) is 0 Å². The number of rotatable bonds is 7. The van der Waals surface area contributed by atoms with E-state index in [0.29, 0.717) is 18.7 Å². The van der Waals surface area contributed by atoms with E-state index in [-0.39, 0.29) is 0 Å². The number of nitrogens with zero attached hydrogens (tertiary/aromatic N) is 1. The molecule has 2 N–H and O–H groups in total. The summed E-state index contributed by atoms with van der Waals surface area (Å²) in [7, 11) is 1.68. The molecule has 1 aliphatic carbocycles. The van der Waals surface area contributed by atoms with Crippen LogP contribution in [0.25, 0.3) is 0 Å². The fourth-order valence-corrected chi connectivity index (χ4v) is 2.85. The Morgan fingerprint density at radius 1 is 1.29 bits per heavy atom. The van der Waals surface area contributed by atoms with Crippen molar-refractivity contribution in [2.45, 2.75) is 65.1 Å². The van der Waals surface area contributed by atoms with E-state index in [0.717, 1.165) is 42.4 Å². The molecule has 0 aliphatic heterocycles. The number of ether oxygens (including phenoxy) is 2. The monoisotopic (exact) mass is 333 g/mol. The van der Waals surface area contributed by atoms with Crippen molar-refractivity contribution in [1.29, 1.82) is 0 Å². The molecule has 1 aliphatic rings. The zero-order chi connectivity index (χ0) is 17.4. The summed E-state index contributed by atoms with van der Waals surface area (Å²) in [5, 5.41) is 6.61. The molecule has 134 valence electrons. The highest BCUT2D eigenvalue weighted by Gasteiger charge is 2.18. The molecule has 2 rings (SSSR count). The van der Waals surface area contributed by atoms with Crippen molar-refractivity contribution in [2.75, 3.05) is 13.7 Å². The van der Waals surface area contributed by atoms with Gasteiger partial charge in [-0.05, 0) is 58.6 Å². The lowest BCUT2D eigenvalue weighted by Gasteiger charge is -2.18. The topological polar surface area (TPSA) is 54.9 Å². The Hall–Kier alpha value is -1.91. The predicted molar refractivity (Wildman–Crippen MR) is 99.0 cm³/mol. The van der Waals surface area contributed by atoms with E-state index in [1.54, 1.807) is 7.11 Å². The third-order valence-electron chi connectivity index (χ3n) is 4.05. The first-order chi connectivity index (χ1) is 11.6. The fraction of sp³-hybridized carbons (Fsp3) is 0.632. The zero-order valence-electron chi connectivity index (χ0n) is 15.4. The smallest absolute Gasteiger partial charge is 0.191 e. The van der Waals surface area contributed by atoms with Crippen LogP contribution >= 0.6 is 0 Å². The third-order valence-corrected chi connectivity index (χ3v) is 4.05. The second-order valence-corrected chi connectivity index (χ2v) is 6.49. The van der Waals surface area contributed by atoms with E-state index in [1.165, 1.54) is 12.8 Å². The molecule has 24 heavy (non-hydrogen) atoms. The fourth-order valence-electron chi connectivity index (χ4n) is 2.85. The molecule has 1 aromatic rings. The molecule has 0 amide bonds. The molecule has 0 atom stereocenters. The molecule has 0 bridgehead atoms. The molecule has 0 unspecified atom stereocenters. The summed E-state index contributed by atoms with van der Waals surface area (Å²) in [4.78, 5) is 4.69. The van der Waals surface area contributed by atoms with Crippen molar-refractivity contribution in [2.24, 2.45) is 4.99 Å². The Bertz CT molecular complexity index is 537. The van der Waals surface area contributed by atoms with Gasteiger partial charge in [0.1, 0.15) is 11.5 Å². The Kier molecular flexibility index (Phi) is 7.22. The Balaban J connectivity index is 2.14. The van der Waals surface area contributed by atoms with Gasteiger partial charge < -0.3 is 20.1 Å². The van der Waals surface area contributed by atoms with E-state index in [4.69, 9.17) is 9.47 Å². The molecular weight excluding hydrogens is 302 g/mol. The average molecular weight is 333 g/mol. The maximum atomic E-state index is 6.23. The normalized spacial score (nSPS) is 15.6. The highest BCUT2D eigenvalue weighted by atomic mass is 16.5. The van der Waals surface area contributed by atoms with Crippen molar-refractivity contribution in [3.8, 4) is 11.5 Å². The highest BCUT2D eigenvalue weighted by molar-refractivity contribution is 5.80. The molecular formula is C19H31N3O2. The van der Waals surface area contributed by atoms with Crippen LogP contribution < -0.4 is 20.1 Å². The molecule has 0 spiro atoms. The SMILES string of the molecule is CCNC(=NCc1ccc(OC)cc1OC1CCCC1)NC(C)C. The van der Waals surface area contributed by atoms with Crippen molar-refractivity contribution in [3.63, 3.8) is 0 Å². The minimum atomic E-state index is 0.321. The molecule has 1 fully saturated rings. The van der Waals surface area contributed by atoms with Gasteiger partial charge in [0.15, 0.2) is 5.96 Å². The second-order valence-electron chi connectivity index (χ2n) is 6.49. The number of aliphatic imine (C=N–C) groups is 1. The summed E-state index contributed by atoms with van der Waals surface area (Å²) >= 11 is 0. The summed E-state index contributed by atoms with van der Waals surface area (Å²) in [6.07, 6.45) is 5.10. The number of nitrogens with one attached hydrogen (secondary N) is 2. The van der Waals surface area contributed by atoms with Gasteiger partial charge in [0, 0.05) is 24.2 Å². The Morgan fingerprint density at radius 2 is 2.04 bits per heavy atom. The molecule has 0 saturated heterocycles. The van der Waals surface area contributed by atoms with E-state index < -0.39 is 0 Å². The van der Waals surface area contributed by atoms with E-state index in [1.807, 2.05) is 18.2 Å². The number of hydrogen-bond acceptors (Lipinski definition) is 3. The van der Waals surface area contributed by atoms with Crippen LogP contribution in [-0.2, 0) is 6.54 Å². The van der Waals surface area contributed by atoms with Crippen LogP contribution in [0.15, 0.2) is 23.2 Å². The maximum absolute atomic E-state index is 6.23. The van der Waals surface area contributed by atoms with Crippen LogP contribution in [0.4, 0.5) is 0 Å². The minimum Gasteiger partial charge on any atom is -0.497 e. The van der Waals surface area contributed by atoms with Crippen molar-refractivity contribution in [1.82, 2.24) is 10.6 Å². The molecule has 0 heterocycles. The van der Waals surface area contributed by atoms with Gasteiger partial charge >= 0.3 is 0 Å². The lowest BCUT2D eigenvalue weighted by Crippen LogP contribution is -2.41. The number of guanidine groups is 1. The highest BCUT2D eigenvalue weighted by Crippen LogP contribution is 2.30. The van der Waals surface area contributed by atoms with Crippen LogP contribution in [-0.4, -0.2) is 31.8 Å². The van der Waals surface area contributed by atoms with Crippen LogP contribution in [0.5, 0.6) is 11.5 Å². The van der Waals surface area contributed by atoms with E-state index in [2.05, 4.69) is 36.4 Å². The van der Waals surface area contributed by atoms with E-state index in [9.17, 15) is 0 Å². The predicted octanol–water partition coefficient (Wildman–Crippen LogP) is 3.48. The van der Waals surface area contributed by atoms with Crippen LogP contribution in [0, 0.1) is 0 Å². The second kappa shape index (κ2) is 9.40. The summed E-state index contributed by atoms with van der Waals surface area (Å²) in [5.74, 6) is 2.54. The molecule has 5 nitrogen and oxygen atoms in total. The first-order valence-corrected chi connectivity index (χ1v) is 9.00. The quantitative estimate of drug-likeness (QED) is 0.592. The van der Waals surface area contributed by atoms with Gasteiger partial charge in [-0.1, -0.05) is 0 Å². The van der Waals surface area contributed by atoms with Crippen molar-refractivity contribution < 1.29 is 9.47 Å². The first kappa shape index (κ1) is 18.4. The minimum absolute atomic E-state index is 0.321. The molecule has 5 heteroatoms. The van der Waals surface area contributed by atoms with Gasteiger partial charge in [0.05, 0.1) is 19.8 Å². The Morgan fingerprint density at radius 3 is 2.67 bits per heavy atom. The first-order valence-electron chi connectivity index (χ1n) is 9.00. The van der Waals surface area contributed by atoms with Crippen LogP contribution in [0.2, 0.25) is 0 Å². The van der Waals surface area contributed by atoms with Crippen molar-refractivity contribution in [3.05, 3.63) is 23.8 Å². The maximum Gasteiger partial charge on any atom is 0.191 e. The molecule has 0 aromatic heterocycles. The summed E-state index contributed by atoms with van der Waals surface area (Å²) in [6.45, 7) is 7.70. The van der Waals surface area contributed by atoms with Crippen molar-refractivity contribution >= 4 is 5.96 Å². The lowest BCUT2D eigenvalue weighted by molar-refractivity contribution is 0.207. The average Bonchev–Trinajstić information content (AvgIpc) is 3.06. The zero-order valence-corrected chi connectivity index (χ0v) is 15.4. The van der Waals surface area contributed by atoms with Gasteiger partial charge in [-0.2, -0.15) is 0 Å². The molecule has 1 saturated carbocycles. The molecule has 1 aromatic carbocycles. The summed E-state index contributed by atoms with van der Waals surface area (Å²) < 4.78 is 11.6. The van der Waals surface area contributed by atoms with Gasteiger partial charge in [-0.25, -0.2) is 4.99 Å². The number of methoxy groups -OCH3 is 1. The third kappa shape index (κ3) is 5.62. The molecule has 0 radical (unpaired) electrons. The Labute approximate surface area is 145 Å². The van der Waals surface area contributed by atoms with E-state index >= 15 is 0 Å². The number of benzene rings is 1. The van der Waals surface area contributed by atoms with Crippen LogP contribution in [0.1, 0.15) is 52.0 Å². The van der Waals surface area contributed by atoms with Gasteiger partial charge in [0.2, 0.25) is 0 Å². The van der Waals surface area contributed by atoms with Crippen LogP contribution in [0.3, 0.4) is 0 Å². The van der Waals surface area contributed by atoms with Gasteiger partial charge in [-0.3, -0.25) is 0 Å². The number of hydrogen-bond donors (Lipinski definition) is 2. The summed E-state index contributed by atoms with van der Waals surface area (Å²) in [6, 6.07) is 6.33. The summed E-state index contributed by atoms with van der Waals surface area (Å²) in [5.41, 5.74) is 1.09.